The van der Waals surface area contributed by atoms with Crippen LogP contribution in [0.2, 0.25) is 0 Å². The van der Waals surface area contributed by atoms with Gasteiger partial charge in [-0.25, -0.2) is 9.97 Å². The predicted octanol–water partition coefficient (Wildman–Crippen LogP) is 4.07. The van der Waals surface area contributed by atoms with E-state index in [0.29, 0.717) is 16.0 Å². The quantitative estimate of drug-likeness (QED) is 0.901. The van der Waals surface area contributed by atoms with E-state index in [0.717, 1.165) is 0 Å². The number of aromatic nitrogens is 2. The number of aryl methyl sites for hydroxylation is 1. The maximum atomic E-state index is 12.3. The van der Waals surface area contributed by atoms with Crippen LogP contribution in [-0.4, -0.2) is 23.2 Å². The van der Waals surface area contributed by atoms with Gasteiger partial charge in [0.05, 0.1) is 16.6 Å². The van der Waals surface area contributed by atoms with Gasteiger partial charge in [0, 0.05) is 18.9 Å². The first-order valence-electron chi connectivity index (χ1n) is 5.86. The summed E-state index contributed by atoms with van der Waals surface area (Å²) in [6, 6.07) is 0. The minimum atomic E-state index is -4.20. The van der Waals surface area contributed by atoms with Gasteiger partial charge < -0.3 is 5.32 Å². The first kappa shape index (κ1) is 16.2. The zero-order chi connectivity index (χ0) is 14.8. The molecule has 0 aliphatic rings. The molecule has 7 heteroatoms. The van der Waals surface area contributed by atoms with E-state index < -0.39 is 12.6 Å². The molecule has 0 saturated carbocycles. The first-order valence-corrected chi connectivity index (χ1v) is 6.65. The fourth-order valence-corrected chi connectivity index (χ4v) is 2.49. The predicted molar refractivity (Wildman–Crippen MR) is 72.4 cm³/mol. The maximum absolute atomic E-state index is 12.3. The van der Waals surface area contributed by atoms with Crippen LogP contribution in [0.5, 0.6) is 0 Å². The van der Waals surface area contributed by atoms with E-state index in [1.54, 1.807) is 7.05 Å². The fourth-order valence-electron chi connectivity index (χ4n) is 1.52. The SMILES string of the molecule is CNc1nc(CCC(F)(F)F)nc(C(C)(C)C)c1Br. The third kappa shape index (κ3) is 4.63. The maximum Gasteiger partial charge on any atom is 0.389 e. The molecule has 1 heterocycles. The molecule has 0 aliphatic heterocycles. The molecule has 0 amide bonds. The van der Waals surface area contributed by atoms with Crippen molar-refractivity contribution in [1.29, 1.82) is 0 Å². The Morgan fingerprint density at radius 2 is 1.74 bits per heavy atom. The highest BCUT2D eigenvalue weighted by atomic mass is 79.9. The third-order valence-electron chi connectivity index (χ3n) is 2.48. The number of halogens is 4. The molecule has 1 N–H and O–H groups in total. The third-order valence-corrected chi connectivity index (χ3v) is 3.23. The molecule has 1 aromatic rings. The van der Waals surface area contributed by atoms with E-state index in [1.165, 1.54) is 0 Å². The van der Waals surface area contributed by atoms with Crippen LogP contribution in [0.1, 0.15) is 38.7 Å². The van der Waals surface area contributed by atoms with Gasteiger partial charge in [-0.2, -0.15) is 13.2 Å². The molecule has 19 heavy (non-hydrogen) atoms. The van der Waals surface area contributed by atoms with E-state index in [9.17, 15) is 13.2 Å². The molecule has 3 nitrogen and oxygen atoms in total. The Hall–Kier alpha value is -0.850. The van der Waals surface area contributed by atoms with Gasteiger partial charge in [-0.1, -0.05) is 20.8 Å². The second-order valence-electron chi connectivity index (χ2n) is 5.27. The number of hydrogen-bond donors (Lipinski definition) is 1. The number of nitrogens with zero attached hydrogens (tertiary/aromatic N) is 2. The molecular weight excluding hydrogens is 323 g/mol. The van der Waals surface area contributed by atoms with E-state index in [2.05, 4.69) is 31.2 Å². The molecule has 0 spiro atoms. The molecule has 0 unspecified atom stereocenters. The van der Waals surface area contributed by atoms with Crippen molar-refractivity contribution in [3.63, 3.8) is 0 Å². The molecular formula is C12H17BrF3N3. The standard InChI is InChI=1S/C12H17BrF3N3/c1-11(2,3)9-8(13)10(17-4)19-7(18-9)5-6-12(14,15)16/h5-6H2,1-4H3,(H,17,18,19). The Kier molecular flexibility index (Phi) is 4.81. The highest BCUT2D eigenvalue weighted by molar-refractivity contribution is 9.10. The highest BCUT2D eigenvalue weighted by Crippen LogP contribution is 2.33. The molecule has 0 aliphatic carbocycles. The molecule has 0 saturated heterocycles. The molecule has 1 aromatic heterocycles. The van der Waals surface area contributed by atoms with E-state index in [-0.39, 0.29) is 17.7 Å². The zero-order valence-electron chi connectivity index (χ0n) is 11.3. The number of anilines is 1. The Bertz CT molecular complexity index is 453. The van der Waals surface area contributed by atoms with Gasteiger partial charge in [0.1, 0.15) is 11.6 Å². The number of alkyl halides is 3. The summed E-state index contributed by atoms with van der Waals surface area (Å²) in [5.41, 5.74) is 0.421. The lowest BCUT2D eigenvalue weighted by atomic mass is 9.92. The Morgan fingerprint density at radius 1 is 1.16 bits per heavy atom. The van der Waals surface area contributed by atoms with Crippen LogP contribution in [0.3, 0.4) is 0 Å². The normalized spacial score (nSPS) is 12.6. The zero-order valence-corrected chi connectivity index (χ0v) is 12.9. The largest absolute Gasteiger partial charge is 0.389 e. The highest BCUT2D eigenvalue weighted by Gasteiger charge is 2.28. The van der Waals surface area contributed by atoms with E-state index in [4.69, 9.17) is 0 Å². The summed E-state index contributed by atoms with van der Waals surface area (Å²) in [5, 5.41) is 2.87. The van der Waals surface area contributed by atoms with Crippen molar-refractivity contribution >= 4 is 21.7 Å². The molecule has 0 radical (unpaired) electrons. The van der Waals surface area contributed by atoms with Crippen molar-refractivity contribution in [3.8, 4) is 0 Å². The van der Waals surface area contributed by atoms with Crippen molar-refractivity contribution < 1.29 is 13.2 Å². The lowest BCUT2D eigenvalue weighted by Gasteiger charge is -2.21. The summed E-state index contributed by atoms with van der Waals surface area (Å²) in [5.74, 6) is 0.715. The van der Waals surface area contributed by atoms with Gasteiger partial charge in [0.2, 0.25) is 0 Å². The summed E-state index contributed by atoms with van der Waals surface area (Å²) in [6.07, 6.45) is -5.33. The van der Waals surface area contributed by atoms with Crippen molar-refractivity contribution in [1.82, 2.24) is 9.97 Å². The second-order valence-corrected chi connectivity index (χ2v) is 6.06. The van der Waals surface area contributed by atoms with E-state index >= 15 is 0 Å². The second kappa shape index (κ2) is 5.64. The Labute approximate surface area is 119 Å². The van der Waals surface area contributed by atoms with Gasteiger partial charge >= 0.3 is 6.18 Å². The fraction of sp³-hybridized carbons (Fsp3) is 0.667. The first-order chi connectivity index (χ1) is 8.54. The Morgan fingerprint density at radius 3 is 2.16 bits per heavy atom. The monoisotopic (exact) mass is 339 g/mol. The van der Waals surface area contributed by atoms with Crippen molar-refractivity contribution in [2.24, 2.45) is 0 Å². The lowest BCUT2D eigenvalue weighted by Crippen LogP contribution is -2.19. The van der Waals surface area contributed by atoms with Gasteiger partial charge in [-0.3, -0.25) is 0 Å². The van der Waals surface area contributed by atoms with Gasteiger partial charge in [0.15, 0.2) is 0 Å². The van der Waals surface area contributed by atoms with Crippen LogP contribution in [0, 0.1) is 0 Å². The van der Waals surface area contributed by atoms with Gasteiger partial charge in [-0.15, -0.1) is 0 Å². The number of hydrogen-bond acceptors (Lipinski definition) is 3. The number of rotatable bonds is 3. The smallest absolute Gasteiger partial charge is 0.372 e. The Balaban J connectivity index is 3.14. The van der Waals surface area contributed by atoms with Gasteiger partial charge in [0.25, 0.3) is 0 Å². The average molecular weight is 340 g/mol. The summed E-state index contributed by atoms with van der Waals surface area (Å²) < 4.78 is 37.5. The molecule has 1 rings (SSSR count). The van der Waals surface area contributed by atoms with Crippen LogP contribution in [-0.2, 0) is 11.8 Å². The molecule has 108 valence electrons. The summed E-state index contributed by atoms with van der Waals surface area (Å²) in [7, 11) is 1.67. The van der Waals surface area contributed by atoms with Crippen LogP contribution < -0.4 is 5.32 Å². The summed E-state index contributed by atoms with van der Waals surface area (Å²) >= 11 is 3.39. The minimum Gasteiger partial charge on any atom is -0.372 e. The van der Waals surface area contributed by atoms with Crippen LogP contribution in [0.4, 0.5) is 19.0 Å². The van der Waals surface area contributed by atoms with Crippen molar-refractivity contribution in [2.45, 2.75) is 45.2 Å². The van der Waals surface area contributed by atoms with Crippen LogP contribution in [0.15, 0.2) is 4.47 Å². The van der Waals surface area contributed by atoms with Crippen molar-refractivity contribution in [2.75, 3.05) is 12.4 Å². The van der Waals surface area contributed by atoms with Crippen LogP contribution >= 0.6 is 15.9 Å². The lowest BCUT2D eigenvalue weighted by molar-refractivity contribution is -0.134. The molecule has 0 aromatic carbocycles. The minimum absolute atomic E-state index is 0.204. The molecule has 0 fully saturated rings. The number of nitrogens with one attached hydrogen (secondary N) is 1. The summed E-state index contributed by atoms with van der Waals surface area (Å²) in [4.78, 5) is 8.36. The van der Waals surface area contributed by atoms with Gasteiger partial charge in [-0.05, 0) is 15.9 Å². The molecule has 0 bridgehead atoms. The van der Waals surface area contributed by atoms with E-state index in [1.807, 2.05) is 20.8 Å². The van der Waals surface area contributed by atoms with Crippen LogP contribution in [0.25, 0.3) is 0 Å². The molecule has 0 atom stereocenters. The topological polar surface area (TPSA) is 37.8 Å². The van der Waals surface area contributed by atoms with Crippen molar-refractivity contribution in [3.05, 3.63) is 16.0 Å². The summed E-state index contributed by atoms with van der Waals surface area (Å²) in [6.45, 7) is 5.85. The average Bonchev–Trinajstić information content (AvgIpc) is 2.25.